The Morgan fingerprint density at radius 1 is 1.26 bits per heavy atom. The Kier molecular flexibility index (Phi) is 3.47. The average Bonchev–Trinajstić information content (AvgIpc) is 2.88. The van der Waals surface area contributed by atoms with E-state index in [1.54, 1.807) is 0 Å². The molecule has 0 bridgehead atoms. The summed E-state index contributed by atoms with van der Waals surface area (Å²) in [6.07, 6.45) is 4.89. The number of rotatable bonds is 4. The quantitative estimate of drug-likeness (QED) is 0.911. The predicted molar refractivity (Wildman–Crippen MR) is 75.2 cm³/mol. The first kappa shape index (κ1) is 12.2. The predicted octanol–water partition coefficient (Wildman–Crippen LogP) is 2.74. The van der Waals surface area contributed by atoms with Crippen LogP contribution in [0.15, 0.2) is 48.8 Å². The Bertz CT molecular complexity index is 516. The van der Waals surface area contributed by atoms with Crippen LogP contribution >= 0.6 is 0 Å². The van der Waals surface area contributed by atoms with Crippen LogP contribution in [0.1, 0.15) is 24.1 Å². The van der Waals surface area contributed by atoms with Gasteiger partial charge in [-0.25, -0.2) is 0 Å². The molecule has 0 amide bonds. The zero-order valence-electron chi connectivity index (χ0n) is 11.0. The zero-order chi connectivity index (χ0) is 13.1. The van der Waals surface area contributed by atoms with Crippen molar-refractivity contribution < 1.29 is 4.74 Å². The summed E-state index contributed by atoms with van der Waals surface area (Å²) in [4.78, 5) is 4.04. The molecule has 2 unspecified atom stereocenters. The molecule has 3 nitrogen and oxygen atoms in total. The number of ether oxygens (including phenoxy) is 1. The van der Waals surface area contributed by atoms with Crippen LogP contribution in [0.4, 0.5) is 0 Å². The minimum Gasteiger partial charge on any atom is -0.488 e. The molecule has 1 aromatic carbocycles. The molecule has 0 fully saturated rings. The van der Waals surface area contributed by atoms with Gasteiger partial charge >= 0.3 is 0 Å². The van der Waals surface area contributed by atoms with Crippen LogP contribution in [0.25, 0.3) is 0 Å². The number of hydrogen-bond acceptors (Lipinski definition) is 3. The zero-order valence-corrected chi connectivity index (χ0v) is 11.0. The van der Waals surface area contributed by atoms with E-state index < -0.39 is 0 Å². The van der Waals surface area contributed by atoms with Crippen LogP contribution in [-0.4, -0.2) is 17.6 Å². The average molecular weight is 254 g/mol. The van der Waals surface area contributed by atoms with Crippen molar-refractivity contribution >= 4 is 0 Å². The first-order valence-electron chi connectivity index (χ1n) is 6.71. The summed E-state index contributed by atoms with van der Waals surface area (Å²) < 4.78 is 5.92. The lowest BCUT2D eigenvalue weighted by molar-refractivity contribution is 0.222. The van der Waals surface area contributed by atoms with Gasteiger partial charge in [-0.05, 0) is 36.2 Å². The van der Waals surface area contributed by atoms with Gasteiger partial charge in [-0.15, -0.1) is 0 Å². The summed E-state index contributed by atoms with van der Waals surface area (Å²) in [7, 11) is 0. The van der Waals surface area contributed by atoms with Gasteiger partial charge in [-0.2, -0.15) is 0 Å². The van der Waals surface area contributed by atoms with Crippen molar-refractivity contribution in [1.82, 2.24) is 10.3 Å². The first-order chi connectivity index (χ1) is 9.33. The second kappa shape index (κ2) is 5.41. The van der Waals surface area contributed by atoms with Crippen LogP contribution in [0.5, 0.6) is 5.75 Å². The van der Waals surface area contributed by atoms with E-state index in [1.165, 1.54) is 11.1 Å². The minimum absolute atomic E-state index is 0.238. The van der Waals surface area contributed by atoms with Gasteiger partial charge in [0.15, 0.2) is 0 Å². The van der Waals surface area contributed by atoms with E-state index in [0.717, 1.165) is 18.7 Å². The SMILES string of the molecule is CC(NCC1Cc2ccccc2O1)c1ccncc1. The van der Waals surface area contributed by atoms with Crippen molar-refractivity contribution in [3.8, 4) is 5.75 Å². The molecular formula is C16H18N2O. The van der Waals surface area contributed by atoms with Crippen LogP contribution in [0, 0.1) is 0 Å². The summed E-state index contributed by atoms with van der Waals surface area (Å²) in [6, 6.07) is 12.7. The van der Waals surface area contributed by atoms with E-state index in [-0.39, 0.29) is 6.10 Å². The molecule has 0 aliphatic carbocycles. The van der Waals surface area contributed by atoms with E-state index in [9.17, 15) is 0 Å². The van der Waals surface area contributed by atoms with Gasteiger partial charge < -0.3 is 10.1 Å². The Labute approximate surface area is 113 Å². The summed E-state index contributed by atoms with van der Waals surface area (Å²) in [5, 5.41) is 3.52. The fourth-order valence-corrected chi connectivity index (χ4v) is 2.45. The largest absolute Gasteiger partial charge is 0.488 e. The van der Waals surface area contributed by atoms with Gasteiger partial charge in [-0.3, -0.25) is 4.98 Å². The molecule has 1 aliphatic rings. The molecule has 1 N–H and O–H groups in total. The van der Waals surface area contributed by atoms with Crippen LogP contribution < -0.4 is 10.1 Å². The van der Waals surface area contributed by atoms with Gasteiger partial charge in [0.05, 0.1) is 0 Å². The van der Waals surface area contributed by atoms with Gasteiger partial charge in [0, 0.05) is 31.4 Å². The number of fused-ring (bicyclic) bond motifs is 1. The Balaban J connectivity index is 1.55. The highest BCUT2D eigenvalue weighted by atomic mass is 16.5. The maximum atomic E-state index is 5.92. The third-order valence-corrected chi connectivity index (χ3v) is 3.57. The first-order valence-corrected chi connectivity index (χ1v) is 6.71. The Morgan fingerprint density at radius 2 is 2.05 bits per heavy atom. The standard InChI is InChI=1S/C16H18N2O/c1-12(13-6-8-17-9-7-13)18-11-15-10-14-4-2-3-5-16(14)19-15/h2-9,12,15,18H,10-11H2,1H3. The van der Waals surface area contributed by atoms with Crippen molar-refractivity contribution in [3.63, 3.8) is 0 Å². The van der Waals surface area contributed by atoms with E-state index in [1.807, 2.05) is 36.7 Å². The summed E-state index contributed by atoms with van der Waals surface area (Å²) in [5.41, 5.74) is 2.57. The van der Waals surface area contributed by atoms with Crippen LogP contribution in [0.3, 0.4) is 0 Å². The van der Waals surface area contributed by atoms with E-state index in [4.69, 9.17) is 4.74 Å². The lowest BCUT2D eigenvalue weighted by atomic mass is 10.1. The van der Waals surface area contributed by atoms with E-state index >= 15 is 0 Å². The molecule has 98 valence electrons. The van der Waals surface area contributed by atoms with Crippen LogP contribution in [-0.2, 0) is 6.42 Å². The fraction of sp³-hybridized carbons (Fsp3) is 0.312. The maximum absolute atomic E-state index is 5.92. The van der Waals surface area contributed by atoms with Crippen molar-refractivity contribution in [1.29, 1.82) is 0 Å². The van der Waals surface area contributed by atoms with Crippen molar-refractivity contribution in [2.45, 2.75) is 25.5 Å². The second-order valence-electron chi connectivity index (χ2n) is 4.96. The third kappa shape index (κ3) is 2.76. The highest BCUT2D eigenvalue weighted by Crippen LogP contribution is 2.28. The monoisotopic (exact) mass is 254 g/mol. The van der Waals surface area contributed by atoms with Crippen molar-refractivity contribution in [2.75, 3.05) is 6.54 Å². The third-order valence-electron chi connectivity index (χ3n) is 3.57. The highest BCUT2D eigenvalue weighted by Gasteiger charge is 2.22. The molecule has 3 heteroatoms. The lowest BCUT2D eigenvalue weighted by Gasteiger charge is -2.17. The maximum Gasteiger partial charge on any atom is 0.123 e. The molecule has 3 rings (SSSR count). The Hall–Kier alpha value is -1.87. The fourth-order valence-electron chi connectivity index (χ4n) is 2.45. The number of pyridine rings is 1. The molecule has 1 aromatic heterocycles. The molecule has 0 saturated carbocycles. The van der Waals surface area contributed by atoms with Gasteiger partial charge in [0.2, 0.25) is 0 Å². The number of benzene rings is 1. The van der Waals surface area contributed by atoms with E-state index in [0.29, 0.717) is 6.04 Å². The second-order valence-corrected chi connectivity index (χ2v) is 4.96. The Morgan fingerprint density at radius 3 is 2.84 bits per heavy atom. The molecule has 0 radical (unpaired) electrons. The molecule has 0 spiro atoms. The smallest absolute Gasteiger partial charge is 0.123 e. The number of nitrogens with zero attached hydrogens (tertiary/aromatic N) is 1. The van der Waals surface area contributed by atoms with E-state index in [2.05, 4.69) is 29.4 Å². The normalized spacial score (nSPS) is 18.7. The number of aromatic nitrogens is 1. The summed E-state index contributed by atoms with van der Waals surface area (Å²) in [5.74, 6) is 1.03. The minimum atomic E-state index is 0.238. The van der Waals surface area contributed by atoms with Crippen molar-refractivity contribution in [2.24, 2.45) is 0 Å². The molecular weight excluding hydrogens is 236 g/mol. The van der Waals surface area contributed by atoms with Crippen LogP contribution in [0.2, 0.25) is 0 Å². The van der Waals surface area contributed by atoms with Gasteiger partial charge in [0.25, 0.3) is 0 Å². The molecule has 2 heterocycles. The topological polar surface area (TPSA) is 34.1 Å². The molecule has 1 aliphatic heterocycles. The summed E-state index contributed by atoms with van der Waals surface area (Å²) in [6.45, 7) is 3.02. The number of para-hydroxylation sites is 1. The number of hydrogen-bond donors (Lipinski definition) is 1. The molecule has 2 atom stereocenters. The summed E-state index contributed by atoms with van der Waals surface area (Å²) >= 11 is 0. The highest BCUT2D eigenvalue weighted by molar-refractivity contribution is 5.37. The molecule has 19 heavy (non-hydrogen) atoms. The van der Waals surface area contributed by atoms with Crippen molar-refractivity contribution in [3.05, 3.63) is 59.9 Å². The lowest BCUT2D eigenvalue weighted by Crippen LogP contribution is -2.31. The number of nitrogens with one attached hydrogen (secondary N) is 1. The molecule has 0 saturated heterocycles. The van der Waals surface area contributed by atoms with Gasteiger partial charge in [0.1, 0.15) is 11.9 Å². The molecule has 2 aromatic rings. The van der Waals surface area contributed by atoms with Gasteiger partial charge in [-0.1, -0.05) is 18.2 Å².